The lowest BCUT2D eigenvalue weighted by Gasteiger charge is -2.19. The number of phenols is 1. The summed E-state index contributed by atoms with van der Waals surface area (Å²) in [6, 6.07) is 9.11. The van der Waals surface area contributed by atoms with Gasteiger partial charge in [-0.2, -0.15) is 0 Å². The third-order valence-electron chi connectivity index (χ3n) is 3.25. The van der Waals surface area contributed by atoms with Gasteiger partial charge < -0.3 is 15.4 Å². The lowest BCUT2D eigenvalue weighted by molar-refractivity contribution is 0.473. The molecule has 1 atom stereocenters. The summed E-state index contributed by atoms with van der Waals surface area (Å²) >= 11 is 0. The monoisotopic (exact) mass is 301 g/mol. The van der Waals surface area contributed by atoms with Crippen molar-refractivity contribution in [3.8, 4) is 5.75 Å². The number of nitrogens with zero attached hydrogens (tertiary/aromatic N) is 1. The van der Waals surface area contributed by atoms with Gasteiger partial charge in [-0.3, -0.25) is 0 Å². The lowest BCUT2D eigenvalue weighted by atomic mass is 10.0. The number of aromatic nitrogens is 2. The maximum Gasteiger partial charge on any atom is 0.146 e. The molecule has 0 bridgehead atoms. The van der Waals surface area contributed by atoms with Crippen molar-refractivity contribution in [1.29, 1.82) is 0 Å². The van der Waals surface area contributed by atoms with Crippen molar-refractivity contribution < 1.29 is 13.9 Å². The molecule has 0 amide bonds. The molecule has 0 spiro atoms. The van der Waals surface area contributed by atoms with Gasteiger partial charge in [0.1, 0.15) is 17.4 Å². The van der Waals surface area contributed by atoms with Crippen LogP contribution in [0.1, 0.15) is 17.3 Å². The summed E-state index contributed by atoms with van der Waals surface area (Å²) in [5.74, 6) is -0.977. The van der Waals surface area contributed by atoms with E-state index in [0.29, 0.717) is 11.3 Å². The number of halogens is 2. The van der Waals surface area contributed by atoms with Crippen LogP contribution >= 0.6 is 0 Å². The Morgan fingerprint density at radius 2 is 2.00 bits per heavy atom. The van der Waals surface area contributed by atoms with E-state index in [9.17, 15) is 13.9 Å². The Balaban J connectivity index is 2.01. The molecule has 6 heteroatoms. The number of benzene rings is 2. The van der Waals surface area contributed by atoms with Crippen molar-refractivity contribution in [2.75, 3.05) is 5.32 Å². The first-order chi connectivity index (χ1) is 10.6. The molecule has 1 heterocycles. The van der Waals surface area contributed by atoms with E-state index in [1.165, 1.54) is 30.6 Å². The average Bonchev–Trinajstić information content (AvgIpc) is 3.02. The number of aromatic amines is 1. The number of imidazole rings is 1. The van der Waals surface area contributed by atoms with Crippen LogP contribution in [0.15, 0.2) is 55.0 Å². The Hall–Kier alpha value is -2.89. The zero-order valence-electron chi connectivity index (χ0n) is 11.4. The number of H-pyrrole nitrogens is 1. The van der Waals surface area contributed by atoms with E-state index in [2.05, 4.69) is 15.3 Å². The van der Waals surface area contributed by atoms with E-state index >= 15 is 0 Å². The average molecular weight is 301 g/mol. The van der Waals surface area contributed by atoms with Gasteiger partial charge >= 0.3 is 0 Å². The molecule has 0 aliphatic carbocycles. The van der Waals surface area contributed by atoms with Crippen LogP contribution in [0.25, 0.3) is 0 Å². The Bertz CT molecular complexity index is 775. The molecular formula is C16H13F2N3O. The van der Waals surface area contributed by atoms with Gasteiger partial charge in [-0.05, 0) is 29.8 Å². The molecule has 0 fully saturated rings. The Kier molecular flexibility index (Phi) is 3.74. The molecule has 0 aliphatic heterocycles. The smallest absolute Gasteiger partial charge is 0.146 e. The second-order valence-electron chi connectivity index (χ2n) is 4.79. The van der Waals surface area contributed by atoms with Crippen LogP contribution in [0.2, 0.25) is 0 Å². The molecule has 1 aromatic heterocycles. The third kappa shape index (κ3) is 2.90. The van der Waals surface area contributed by atoms with Crippen LogP contribution in [0.3, 0.4) is 0 Å². The normalized spacial score (nSPS) is 12.1. The second kappa shape index (κ2) is 5.85. The van der Waals surface area contributed by atoms with E-state index in [1.54, 1.807) is 18.3 Å². The van der Waals surface area contributed by atoms with E-state index in [-0.39, 0.29) is 11.4 Å². The summed E-state index contributed by atoms with van der Waals surface area (Å²) in [7, 11) is 0. The SMILES string of the molecule is Oc1ccc(F)c(NC(c2cccc(F)c2)c2c[nH]cn2)c1. The van der Waals surface area contributed by atoms with Gasteiger partial charge in [0.2, 0.25) is 0 Å². The first-order valence-corrected chi connectivity index (χ1v) is 6.62. The maximum atomic E-state index is 13.9. The predicted octanol–water partition coefficient (Wildman–Crippen LogP) is 3.60. The topological polar surface area (TPSA) is 60.9 Å². The minimum absolute atomic E-state index is 0.0658. The van der Waals surface area contributed by atoms with Gasteiger partial charge in [0.15, 0.2) is 0 Å². The van der Waals surface area contributed by atoms with Crippen LogP contribution in [-0.4, -0.2) is 15.1 Å². The molecule has 1 unspecified atom stereocenters. The molecule has 0 saturated carbocycles. The number of anilines is 1. The number of rotatable bonds is 4. The van der Waals surface area contributed by atoms with E-state index in [4.69, 9.17) is 0 Å². The van der Waals surface area contributed by atoms with Gasteiger partial charge in [0.05, 0.1) is 23.8 Å². The fourth-order valence-electron chi connectivity index (χ4n) is 2.22. The highest BCUT2D eigenvalue weighted by Crippen LogP contribution is 2.29. The Morgan fingerprint density at radius 1 is 1.14 bits per heavy atom. The molecule has 0 aliphatic rings. The summed E-state index contributed by atoms with van der Waals surface area (Å²) in [6.45, 7) is 0. The van der Waals surface area contributed by atoms with Crippen molar-refractivity contribution in [2.45, 2.75) is 6.04 Å². The van der Waals surface area contributed by atoms with Gasteiger partial charge in [-0.25, -0.2) is 13.8 Å². The molecule has 0 radical (unpaired) electrons. The molecule has 22 heavy (non-hydrogen) atoms. The number of hydrogen-bond acceptors (Lipinski definition) is 3. The van der Waals surface area contributed by atoms with E-state index in [0.717, 1.165) is 6.07 Å². The molecule has 4 nitrogen and oxygen atoms in total. The van der Waals surface area contributed by atoms with E-state index in [1.807, 2.05) is 0 Å². The van der Waals surface area contributed by atoms with Crippen LogP contribution in [0, 0.1) is 11.6 Å². The largest absolute Gasteiger partial charge is 0.508 e. The summed E-state index contributed by atoms with van der Waals surface area (Å²) in [4.78, 5) is 6.96. The fourth-order valence-corrected chi connectivity index (χ4v) is 2.22. The summed E-state index contributed by atoms with van der Waals surface area (Å²) < 4.78 is 27.4. The second-order valence-corrected chi connectivity index (χ2v) is 4.79. The molecule has 3 N–H and O–H groups in total. The highest BCUT2D eigenvalue weighted by atomic mass is 19.1. The molecule has 0 saturated heterocycles. The first kappa shape index (κ1) is 14.1. The standard InChI is InChI=1S/C16H13F2N3O/c17-11-3-1-2-10(6-11)16(15-8-19-9-20-15)21-14-7-12(22)4-5-13(14)18/h1-9,16,21-22H,(H,19,20). The van der Waals surface area contributed by atoms with Gasteiger partial charge in [0.25, 0.3) is 0 Å². The highest BCUT2D eigenvalue weighted by molar-refractivity contribution is 5.52. The molecule has 2 aromatic carbocycles. The Labute approximate surface area is 125 Å². The van der Waals surface area contributed by atoms with Crippen molar-refractivity contribution in [2.24, 2.45) is 0 Å². The summed E-state index contributed by atoms with van der Waals surface area (Å²) in [5.41, 5.74) is 1.28. The van der Waals surface area contributed by atoms with Crippen molar-refractivity contribution in [1.82, 2.24) is 9.97 Å². The number of hydrogen-bond donors (Lipinski definition) is 3. The van der Waals surface area contributed by atoms with E-state index < -0.39 is 17.7 Å². The Morgan fingerprint density at radius 3 is 2.73 bits per heavy atom. The van der Waals surface area contributed by atoms with Crippen LogP contribution < -0.4 is 5.32 Å². The molecule has 112 valence electrons. The number of phenolic OH excluding ortho intramolecular Hbond substituents is 1. The molecular weight excluding hydrogens is 288 g/mol. The minimum Gasteiger partial charge on any atom is -0.508 e. The minimum atomic E-state index is -0.557. The number of aromatic hydroxyl groups is 1. The van der Waals surface area contributed by atoms with Gasteiger partial charge in [0, 0.05) is 12.3 Å². The van der Waals surface area contributed by atoms with Crippen molar-refractivity contribution in [3.05, 3.63) is 77.9 Å². The quantitative estimate of drug-likeness (QED) is 0.690. The highest BCUT2D eigenvalue weighted by Gasteiger charge is 2.18. The molecule has 3 aromatic rings. The first-order valence-electron chi connectivity index (χ1n) is 6.62. The maximum absolute atomic E-state index is 13.9. The number of nitrogens with one attached hydrogen (secondary N) is 2. The van der Waals surface area contributed by atoms with Crippen molar-refractivity contribution >= 4 is 5.69 Å². The zero-order chi connectivity index (χ0) is 15.5. The summed E-state index contributed by atoms with van der Waals surface area (Å²) in [5, 5.41) is 12.5. The fraction of sp³-hybridized carbons (Fsp3) is 0.0625. The van der Waals surface area contributed by atoms with Crippen LogP contribution in [-0.2, 0) is 0 Å². The summed E-state index contributed by atoms with van der Waals surface area (Å²) in [6.07, 6.45) is 3.13. The predicted molar refractivity (Wildman–Crippen MR) is 78.5 cm³/mol. The van der Waals surface area contributed by atoms with Crippen molar-refractivity contribution in [3.63, 3.8) is 0 Å². The third-order valence-corrected chi connectivity index (χ3v) is 3.25. The van der Waals surface area contributed by atoms with Gasteiger partial charge in [-0.15, -0.1) is 0 Å². The zero-order valence-corrected chi connectivity index (χ0v) is 11.4. The van der Waals surface area contributed by atoms with Gasteiger partial charge in [-0.1, -0.05) is 12.1 Å². The molecule has 3 rings (SSSR count). The van der Waals surface area contributed by atoms with Crippen LogP contribution in [0.5, 0.6) is 5.75 Å². The van der Waals surface area contributed by atoms with Crippen LogP contribution in [0.4, 0.5) is 14.5 Å². The lowest BCUT2D eigenvalue weighted by Crippen LogP contribution is -2.14.